The van der Waals surface area contributed by atoms with Crippen molar-refractivity contribution in [1.82, 2.24) is 0 Å². The van der Waals surface area contributed by atoms with Gasteiger partial charge in [-0.3, -0.25) is 10.1 Å². The summed E-state index contributed by atoms with van der Waals surface area (Å²) in [6, 6.07) is 14.3. The number of nitrogens with zero attached hydrogens (tertiary/aromatic N) is 1. The van der Waals surface area contributed by atoms with E-state index in [2.05, 4.69) is 20.8 Å². The van der Waals surface area contributed by atoms with Gasteiger partial charge in [0.25, 0.3) is 5.69 Å². The molecule has 0 saturated heterocycles. The van der Waals surface area contributed by atoms with Crippen LogP contribution in [0.2, 0.25) is 0 Å². The summed E-state index contributed by atoms with van der Waals surface area (Å²) in [5, 5.41) is 11.1. The second-order valence-electron chi connectivity index (χ2n) is 5.99. The zero-order chi connectivity index (χ0) is 16.2. The van der Waals surface area contributed by atoms with Crippen molar-refractivity contribution >= 4 is 5.69 Å². The fraction of sp³-hybridized carbons (Fsp3) is 0.333. The first kappa shape index (κ1) is 16.0. The molecule has 0 fully saturated rings. The van der Waals surface area contributed by atoms with Gasteiger partial charge in [0.05, 0.1) is 4.92 Å². The molecule has 0 heterocycles. The fourth-order valence-electron chi connectivity index (χ4n) is 2.62. The van der Waals surface area contributed by atoms with Crippen molar-refractivity contribution in [3.05, 3.63) is 64.2 Å². The molecule has 0 atom stereocenters. The molecule has 0 unspecified atom stereocenters. The van der Waals surface area contributed by atoms with Crippen molar-refractivity contribution in [2.75, 3.05) is 0 Å². The third kappa shape index (κ3) is 3.64. The molecular formula is C18H21NO3. The highest BCUT2D eigenvalue weighted by molar-refractivity contribution is 5.49. The van der Waals surface area contributed by atoms with Crippen LogP contribution in [0.5, 0.6) is 11.5 Å². The van der Waals surface area contributed by atoms with Crippen molar-refractivity contribution in [3.63, 3.8) is 0 Å². The van der Waals surface area contributed by atoms with Crippen LogP contribution < -0.4 is 4.74 Å². The number of hydrogen-bond acceptors (Lipinski definition) is 3. The van der Waals surface area contributed by atoms with Gasteiger partial charge in [0.2, 0.25) is 0 Å². The number of rotatable bonds is 6. The molecule has 0 spiro atoms. The second kappa shape index (κ2) is 6.60. The molecule has 0 radical (unpaired) electrons. The van der Waals surface area contributed by atoms with Crippen LogP contribution in [0.4, 0.5) is 5.69 Å². The first-order valence-electron chi connectivity index (χ1n) is 7.46. The van der Waals surface area contributed by atoms with E-state index >= 15 is 0 Å². The van der Waals surface area contributed by atoms with Crippen LogP contribution in [0.1, 0.15) is 39.2 Å². The van der Waals surface area contributed by atoms with E-state index in [0.29, 0.717) is 5.75 Å². The number of para-hydroxylation sites is 1. The van der Waals surface area contributed by atoms with Crippen LogP contribution in [0.15, 0.2) is 48.5 Å². The van der Waals surface area contributed by atoms with Crippen molar-refractivity contribution in [3.8, 4) is 11.5 Å². The summed E-state index contributed by atoms with van der Waals surface area (Å²) < 4.78 is 5.95. The summed E-state index contributed by atoms with van der Waals surface area (Å²) in [6.07, 6.45) is 1.93. The van der Waals surface area contributed by atoms with Crippen LogP contribution in [0.3, 0.4) is 0 Å². The highest BCUT2D eigenvalue weighted by Crippen LogP contribution is 2.39. The third-order valence-electron chi connectivity index (χ3n) is 3.75. The Bertz CT molecular complexity index is 651. The zero-order valence-electron chi connectivity index (χ0n) is 13.2. The summed E-state index contributed by atoms with van der Waals surface area (Å²) in [4.78, 5) is 10.7. The Balaban J connectivity index is 2.46. The van der Waals surface area contributed by atoms with E-state index in [1.165, 1.54) is 6.07 Å². The lowest BCUT2D eigenvalue weighted by molar-refractivity contribution is -0.385. The number of hydrogen-bond donors (Lipinski definition) is 0. The van der Waals surface area contributed by atoms with Crippen molar-refractivity contribution in [2.45, 2.75) is 39.0 Å². The van der Waals surface area contributed by atoms with Crippen LogP contribution in [0.25, 0.3) is 0 Å². The first-order chi connectivity index (χ1) is 10.4. The Morgan fingerprint density at radius 1 is 1.14 bits per heavy atom. The second-order valence-corrected chi connectivity index (χ2v) is 5.99. The number of ether oxygens (including phenoxy) is 1. The van der Waals surface area contributed by atoms with Gasteiger partial charge >= 0.3 is 0 Å². The Morgan fingerprint density at radius 3 is 2.41 bits per heavy atom. The number of nitro benzene ring substituents is 1. The molecule has 0 saturated carbocycles. The van der Waals surface area contributed by atoms with Crippen molar-refractivity contribution < 1.29 is 9.66 Å². The lowest BCUT2D eigenvalue weighted by Gasteiger charge is -2.27. The Hall–Kier alpha value is -2.36. The SMILES string of the molecule is CCCC(C)(C)c1cc([N+](=O)[O-])ccc1Oc1ccccc1. The minimum absolute atomic E-state index is 0.0968. The molecule has 2 rings (SSSR count). The molecule has 0 aliphatic heterocycles. The molecule has 0 aliphatic carbocycles. The van der Waals surface area contributed by atoms with E-state index in [4.69, 9.17) is 4.74 Å². The standard InChI is InChI=1S/C18H21NO3/c1-4-12-18(2,3)16-13-14(19(20)21)10-11-17(16)22-15-8-6-5-7-9-15/h5-11,13H,4,12H2,1-3H3. The maximum atomic E-state index is 11.1. The third-order valence-corrected chi connectivity index (χ3v) is 3.75. The highest BCUT2D eigenvalue weighted by atomic mass is 16.6. The molecule has 0 aromatic heterocycles. The average molecular weight is 299 g/mol. The van der Waals surface area contributed by atoms with Gasteiger partial charge in [0.15, 0.2) is 0 Å². The van der Waals surface area contributed by atoms with Crippen molar-refractivity contribution in [1.29, 1.82) is 0 Å². The van der Waals surface area contributed by atoms with Gasteiger partial charge in [-0.05, 0) is 30.0 Å². The normalized spacial score (nSPS) is 11.2. The average Bonchev–Trinajstić information content (AvgIpc) is 2.48. The Kier molecular flexibility index (Phi) is 4.81. The molecule has 0 bridgehead atoms. The fourth-order valence-corrected chi connectivity index (χ4v) is 2.62. The van der Waals surface area contributed by atoms with E-state index in [9.17, 15) is 10.1 Å². The van der Waals surface area contributed by atoms with E-state index < -0.39 is 0 Å². The molecule has 22 heavy (non-hydrogen) atoms. The maximum absolute atomic E-state index is 11.1. The number of non-ortho nitro benzene ring substituents is 1. The molecular weight excluding hydrogens is 278 g/mol. The maximum Gasteiger partial charge on any atom is 0.269 e. The molecule has 116 valence electrons. The molecule has 4 heteroatoms. The van der Waals surface area contributed by atoms with Gasteiger partial charge in [-0.1, -0.05) is 45.4 Å². The van der Waals surface area contributed by atoms with E-state index in [-0.39, 0.29) is 16.0 Å². The monoisotopic (exact) mass is 299 g/mol. The summed E-state index contributed by atoms with van der Waals surface area (Å²) >= 11 is 0. The smallest absolute Gasteiger partial charge is 0.269 e. The quantitative estimate of drug-likeness (QED) is 0.525. The van der Waals surface area contributed by atoms with Crippen molar-refractivity contribution in [2.24, 2.45) is 0 Å². The summed E-state index contributed by atoms with van der Waals surface area (Å²) in [5.41, 5.74) is 0.775. The summed E-state index contributed by atoms with van der Waals surface area (Å²) in [7, 11) is 0. The summed E-state index contributed by atoms with van der Waals surface area (Å²) in [5.74, 6) is 1.40. The van der Waals surface area contributed by atoms with Crippen LogP contribution >= 0.6 is 0 Å². The van der Waals surface area contributed by atoms with Gasteiger partial charge in [0.1, 0.15) is 11.5 Å². The van der Waals surface area contributed by atoms with Crippen LogP contribution in [-0.4, -0.2) is 4.92 Å². The molecule has 2 aromatic rings. The first-order valence-corrected chi connectivity index (χ1v) is 7.46. The molecule has 4 nitrogen and oxygen atoms in total. The van der Waals surface area contributed by atoms with Gasteiger partial charge in [0, 0.05) is 17.7 Å². The zero-order valence-corrected chi connectivity index (χ0v) is 13.2. The molecule has 0 aliphatic rings. The Morgan fingerprint density at radius 2 is 1.82 bits per heavy atom. The Labute approximate surface area is 130 Å². The predicted molar refractivity (Wildman–Crippen MR) is 87.5 cm³/mol. The predicted octanol–water partition coefficient (Wildman–Crippen LogP) is 5.46. The van der Waals surface area contributed by atoms with E-state index in [1.54, 1.807) is 12.1 Å². The lowest BCUT2D eigenvalue weighted by atomic mass is 9.80. The molecule has 2 aromatic carbocycles. The van der Waals surface area contributed by atoms with Crippen LogP contribution in [-0.2, 0) is 5.41 Å². The largest absolute Gasteiger partial charge is 0.457 e. The molecule has 0 N–H and O–H groups in total. The van der Waals surface area contributed by atoms with Crippen LogP contribution in [0, 0.1) is 10.1 Å². The van der Waals surface area contributed by atoms with Gasteiger partial charge in [-0.2, -0.15) is 0 Å². The lowest BCUT2D eigenvalue weighted by Crippen LogP contribution is -2.18. The van der Waals surface area contributed by atoms with Gasteiger partial charge in [-0.25, -0.2) is 0 Å². The minimum Gasteiger partial charge on any atom is -0.457 e. The van der Waals surface area contributed by atoms with Gasteiger partial charge in [-0.15, -0.1) is 0 Å². The van der Waals surface area contributed by atoms with E-state index in [1.807, 2.05) is 30.3 Å². The highest BCUT2D eigenvalue weighted by Gasteiger charge is 2.26. The summed E-state index contributed by atoms with van der Waals surface area (Å²) in [6.45, 7) is 6.29. The molecule has 0 amide bonds. The van der Waals surface area contributed by atoms with Gasteiger partial charge < -0.3 is 4.74 Å². The number of benzene rings is 2. The van der Waals surface area contributed by atoms with E-state index in [0.717, 1.165) is 24.2 Å². The minimum atomic E-state index is -0.363. The topological polar surface area (TPSA) is 52.4 Å². The number of nitro groups is 1.